The summed E-state index contributed by atoms with van der Waals surface area (Å²) in [4.78, 5) is 0. The first-order chi connectivity index (χ1) is 3.41. The summed E-state index contributed by atoms with van der Waals surface area (Å²) in [5.74, 6) is 0. The minimum absolute atomic E-state index is 0.819. The molecule has 2 aliphatic rings. The summed E-state index contributed by atoms with van der Waals surface area (Å²) in [6.45, 7) is 0. The van der Waals surface area contributed by atoms with Gasteiger partial charge in [-0.25, -0.2) is 0 Å². The maximum atomic E-state index is 2.49. The van der Waals surface area contributed by atoms with Gasteiger partial charge < -0.3 is 0 Å². The van der Waals surface area contributed by atoms with Gasteiger partial charge >= 0.3 is 0 Å². The summed E-state index contributed by atoms with van der Waals surface area (Å²) in [7, 11) is 0. The smallest absolute Gasteiger partial charge is 0.0263 e. The average Bonchev–Trinajstić information content (AvgIpc) is 2.15. The lowest BCUT2D eigenvalue weighted by Gasteiger charge is -1.97. The second-order valence-corrected chi connectivity index (χ2v) is 2.98. The Hall–Kier alpha value is 0. The standard InChI is InChI=1S/C7H11/c1-2-4-7(3-1)5-6-7/h5H,1-4,6H2. The molecule has 0 amide bonds. The molecule has 2 aliphatic carbocycles. The van der Waals surface area contributed by atoms with E-state index in [0.717, 1.165) is 5.41 Å². The largest absolute Gasteiger partial charge is 0.0527 e. The third-order valence-electron chi connectivity index (χ3n) is 2.38. The number of hydrogen-bond donors (Lipinski definition) is 0. The Kier molecular flexibility index (Phi) is 0.586. The third-order valence-corrected chi connectivity index (χ3v) is 2.38. The summed E-state index contributed by atoms with van der Waals surface area (Å²) in [5.41, 5.74) is 0.819. The SMILES string of the molecule is [CH]1CC12CCCC2. The first kappa shape index (κ1) is 3.94. The van der Waals surface area contributed by atoms with Crippen molar-refractivity contribution in [2.75, 3.05) is 0 Å². The molecule has 2 fully saturated rings. The van der Waals surface area contributed by atoms with E-state index in [1.54, 1.807) is 0 Å². The molecule has 2 rings (SSSR count). The molecule has 2 saturated carbocycles. The van der Waals surface area contributed by atoms with Gasteiger partial charge in [-0.15, -0.1) is 0 Å². The monoisotopic (exact) mass is 95.1 g/mol. The highest BCUT2D eigenvalue weighted by molar-refractivity contribution is 5.11. The van der Waals surface area contributed by atoms with Gasteiger partial charge in [0.1, 0.15) is 0 Å². The summed E-state index contributed by atoms with van der Waals surface area (Å²) >= 11 is 0. The van der Waals surface area contributed by atoms with E-state index in [2.05, 4.69) is 6.42 Å². The van der Waals surface area contributed by atoms with Crippen LogP contribution in [0.3, 0.4) is 0 Å². The van der Waals surface area contributed by atoms with Gasteiger partial charge in [0.2, 0.25) is 0 Å². The summed E-state index contributed by atoms with van der Waals surface area (Å²) in [6, 6.07) is 0. The van der Waals surface area contributed by atoms with Crippen molar-refractivity contribution in [3.05, 3.63) is 6.42 Å². The van der Waals surface area contributed by atoms with Gasteiger partial charge in [0.25, 0.3) is 0 Å². The van der Waals surface area contributed by atoms with Crippen LogP contribution in [0, 0.1) is 11.8 Å². The van der Waals surface area contributed by atoms with Crippen molar-refractivity contribution in [2.24, 2.45) is 5.41 Å². The Morgan fingerprint density at radius 3 is 2.00 bits per heavy atom. The van der Waals surface area contributed by atoms with Crippen molar-refractivity contribution in [2.45, 2.75) is 32.1 Å². The normalized spacial score (nSPS) is 34.3. The molecule has 7 heavy (non-hydrogen) atoms. The highest BCUT2D eigenvalue weighted by Gasteiger charge is 2.44. The van der Waals surface area contributed by atoms with Crippen molar-refractivity contribution < 1.29 is 0 Å². The molecule has 0 bridgehead atoms. The summed E-state index contributed by atoms with van der Waals surface area (Å²) in [6.07, 6.45) is 9.93. The fraction of sp³-hybridized carbons (Fsp3) is 0.857. The summed E-state index contributed by atoms with van der Waals surface area (Å²) < 4.78 is 0. The van der Waals surface area contributed by atoms with Gasteiger partial charge in [-0.1, -0.05) is 12.8 Å². The molecule has 0 unspecified atom stereocenters. The van der Waals surface area contributed by atoms with Crippen LogP contribution in [0.15, 0.2) is 0 Å². The summed E-state index contributed by atoms with van der Waals surface area (Å²) in [5, 5.41) is 0. The maximum absolute atomic E-state index is 2.49. The van der Waals surface area contributed by atoms with Gasteiger partial charge in [-0.3, -0.25) is 0 Å². The van der Waals surface area contributed by atoms with Crippen molar-refractivity contribution in [3.8, 4) is 0 Å². The molecule has 0 aromatic heterocycles. The van der Waals surface area contributed by atoms with Crippen molar-refractivity contribution in [1.82, 2.24) is 0 Å². The number of rotatable bonds is 0. The van der Waals surface area contributed by atoms with Crippen LogP contribution in [-0.4, -0.2) is 0 Å². The lowest BCUT2D eigenvalue weighted by molar-refractivity contribution is 0.562. The minimum Gasteiger partial charge on any atom is -0.0527 e. The molecule has 0 aromatic rings. The van der Waals surface area contributed by atoms with E-state index in [1.165, 1.54) is 32.1 Å². The van der Waals surface area contributed by atoms with E-state index >= 15 is 0 Å². The average molecular weight is 95.2 g/mol. The molecule has 0 aliphatic heterocycles. The van der Waals surface area contributed by atoms with Gasteiger partial charge in [0, 0.05) is 0 Å². The molecular formula is C7H11. The van der Waals surface area contributed by atoms with Gasteiger partial charge in [-0.05, 0) is 31.1 Å². The van der Waals surface area contributed by atoms with Crippen LogP contribution in [0.4, 0.5) is 0 Å². The molecule has 0 saturated heterocycles. The van der Waals surface area contributed by atoms with E-state index in [-0.39, 0.29) is 0 Å². The van der Waals surface area contributed by atoms with Gasteiger partial charge in [0.05, 0.1) is 0 Å². The lowest BCUT2D eigenvalue weighted by atomic mass is 10.1. The van der Waals surface area contributed by atoms with Crippen LogP contribution < -0.4 is 0 Å². The first-order valence-electron chi connectivity index (χ1n) is 3.26. The molecule has 0 N–H and O–H groups in total. The highest BCUT2D eigenvalue weighted by Crippen LogP contribution is 2.56. The zero-order valence-electron chi connectivity index (χ0n) is 4.61. The first-order valence-corrected chi connectivity index (χ1v) is 3.26. The molecule has 39 valence electrons. The molecule has 0 nitrogen and oxygen atoms in total. The molecule has 0 atom stereocenters. The quantitative estimate of drug-likeness (QED) is 0.432. The fourth-order valence-corrected chi connectivity index (χ4v) is 1.63. The Morgan fingerprint density at radius 1 is 1.14 bits per heavy atom. The van der Waals surface area contributed by atoms with Crippen molar-refractivity contribution in [3.63, 3.8) is 0 Å². The predicted molar refractivity (Wildman–Crippen MR) is 29.8 cm³/mol. The van der Waals surface area contributed by atoms with E-state index in [0.29, 0.717) is 0 Å². The Morgan fingerprint density at radius 2 is 1.71 bits per heavy atom. The van der Waals surface area contributed by atoms with E-state index in [1.807, 2.05) is 0 Å². The van der Waals surface area contributed by atoms with Gasteiger partial charge in [-0.2, -0.15) is 0 Å². The highest BCUT2D eigenvalue weighted by atomic mass is 14.5. The van der Waals surface area contributed by atoms with Gasteiger partial charge in [0.15, 0.2) is 0 Å². The molecule has 1 radical (unpaired) electrons. The lowest BCUT2D eigenvalue weighted by Crippen LogP contribution is -1.86. The second kappa shape index (κ2) is 1.04. The van der Waals surface area contributed by atoms with Crippen LogP contribution in [0.1, 0.15) is 32.1 Å². The Labute approximate surface area is 44.9 Å². The Balaban J connectivity index is 2.07. The van der Waals surface area contributed by atoms with E-state index < -0.39 is 0 Å². The maximum Gasteiger partial charge on any atom is -0.0263 e. The van der Waals surface area contributed by atoms with Crippen LogP contribution in [0.2, 0.25) is 0 Å². The molecular weight excluding hydrogens is 84.1 g/mol. The number of hydrogen-bond acceptors (Lipinski definition) is 0. The van der Waals surface area contributed by atoms with E-state index in [4.69, 9.17) is 0 Å². The zero-order valence-corrected chi connectivity index (χ0v) is 4.61. The van der Waals surface area contributed by atoms with Crippen LogP contribution in [0.25, 0.3) is 0 Å². The zero-order chi connectivity index (χ0) is 4.74. The second-order valence-electron chi connectivity index (χ2n) is 2.98. The van der Waals surface area contributed by atoms with Crippen molar-refractivity contribution >= 4 is 0 Å². The molecule has 0 aromatic carbocycles. The molecule has 0 heterocycles. The third kappa shape index (κ3) is 0.490. The van der Waals surface area contributed by atoms with Crippen molar-refractivity contribution in [1.29, 1.82) is 0 Å². The topological polar surface area (TPSA) is 0 Å². The minimum atomic E-state index is 0.819. The fourth-order valence-electron chi connectivity index (χ4n) is 1.63. The van der Waals surface area contributed by atoms with E-state index in [9.17, 15) is 0 Å². The predicted octanol–water partition coefficient (Wildman–Crippen LogP) is 2.15. The van der Waals surface area contributed by atoms with Crippen LogP contribution >= 0.6 is 0 Å². The van der Waals surface area contributed by atoms with Crippen LogP contribution in [-0.2, 0) is 0 Å². The Bertz CT molecular complexity index is 72.0. The van der Waals surface area contributed by atoms with Crippen LogP contribution in [0.5, 0.6) is 0 Å². The molecule has 1 spiro atoms. The molecule has 0 heteroatoms.